The number of anilines is 1. The molecule has 0 spiro atoms. The highest BCUT2D eigenvalue weighted by atomic mass is 19.3. The van der Waals surface area contributed by atoms with Gasteiger partial charge in [-0.2, -0.15) is 0 Å². The fraction of sp³-hybridized carbons (Fsp3) is 0.462. The summed E-state index contributed by atoms with van der Waals surface area (Å²) in [5.74, 6) is -2.86. The lowest BCUT2D eigenvalue weighted by atomic mass is 10.1. The minimum Gasteiger partial charge on any atom is -0.374 e. The minimum atomic E-state index is -2.87. The van der Waals surface area contributed by atoms with Crippen molar-refractivity contribution >= 4 is 11.6 Å². The highest BCUT2D eigenvalue weighted by Gasteiger charge is 2.29. The molecule has 1 heterocycles. The first-order valence-corrected chi connectivity index (χ1v) is 5.88. The smallest absolute Gasteiger partial charge is 0.270 e. The van der Waals surface area contributed by atoms with Gasteiger partial charge < -0.3 is 10.2 Å². The SMILES string of the molecule is CN1CCC(Nc2cccc(C(C)(F)F)c2)C1=O. The number of carbonyl (C=O) groups is 1. The van der Waals surface area contributed by atoms with Crippen molar-refractivity contribution in [3.8, 4) is 0 Å². The summed E-state index contributed by atoms with van der Waals surface area (Å²) in [5, 5.41) is 3.01. The molecule has 0 radical (unpaired) electrons. The van der Waals surface area contributed by atoms with Crippen molar-refractivity contribution in [2.24, 2.45) is 0 Å². The van der Waals surface area contributed by atoms with E-state index >= 15 is 0 Å². The molecule has 1 amide bonds. The molecule has 0 saturated carbocycles. The van der Waals surface area contributed by atoms with E-state index < -0.39 is 5.92 Å². The normalized spacial score (nSPS) is 20.3. The first kappa shape index (κ1) is 12.8. The number of halogens is 2. The van der Waals surface area contributed by atoms with Crippen LogP contribution in [-0.2, 0) is 10.7 Å². The lowest BCUT2D eigenvalue weighted by molar-refractivity contribution is -0.127. The number of benzene rings is 1. The molecule has 1 aliphatic rings. The molecule has 1 saturated heterocycles. The van der Waals surface area contributed by atoms with Crippen LogP contribution in [0, 0.1) is 0 Å². The fourth-order valence-electron chi connectivity index (χ4n) is 2.04. The standard InChI is InChI=1S/C13H16F2N2O/c1-13(14,15)9-4-3-5-10(8-9)16-11-6-7-17(2)12(11)18/h3-5,8,11,16H,6-7H2,1-2H3. The summed E-state index contributed by atoms with van der Waals surface area (Å²) in [7, 11) is 1.74. The van der Waals surface area contributed by atoms with Gasteiger partial charge in [-0.1, -0.05) is 12.1 Å². The van der Waals surface area contributed by atoms with Crippen LogP contribution in [0.4, 0.5) is 14.5 Å². The van der Waals surface area contributed by atoms with E-state index in [4.69, 9.17) is 0 Å². The lowest BCUT2D eigenvalue weighted by Crippen LogP contribution is -2.31. The number of hydrogen-bond donors (Lipinski definition) is 1. The summed E-state index contributed by atoms with van der Waals surface area (Å²) in [5.41, 5.74) is 0.508. The summed E-state index contributed by atoms with van der Waals surface area (Å²) in [6.07, 6.45) is 0.697. The van der Waals surface area contributed by atoms with Gasteiger partial charge in [-0.25, -0.2) is 8.78 Å². The van der Waals surface area contributed by atoms with E-state index in [0.717, 1.165) is 6.92 Å². The Labute approximate surface area is 105 Å². The molecule has 1 aromatic rings. The maximum atomic E-state index is 13.2. The second-order valence-electron chi connectivity index (χ2n) is 4.71. The summed E-state index contributed by atoms with van der Waals surface area (Å²) >= 11 is 0. The average Bonchev–Trinajstić information content (AvgIpc) is 2.60. The monoisotopic (exact) mass is 254 g/mol. The number of nitrogens with one attached hydrogen (secondary N) is 1. The van der Waals surface area contributed by atoms with Gasteiger partial charge in [0.25, 0.3) is 5.92 Å². The average molecular weight is 254 g/mol. The zero-order valence-electron chi connectivity index (χ0n) is 10.4. The first-order valence-electron chi connectivity index (χ1n) is 5.88. The Morgan fingerprint density at radius 1 is 1.44 bits per heavy atom. The van der Waals surface area contributed by atoms with E-state index in [1.54, 1.807) is 24.1 Å². The van der Waals surface area contributed by atoms with Gasteiger partial charge in [-0.3, -0.25) is 4.79 Å². The summed E-state index contributed by atoms with van der Waals surface area (Å²) < 4.78 is 26.4. The molecule has 18 heavy (non-hydrogen) atoms. The molecule has 0 aliphatic carbocycles. The molecule has 1 atom stereocenters. The van der Waals surface area contributed by atoms with E-state index in [-0.39, 0.29) is 17.5 Å². The number of amides is 1. The lowest BCUT2D eigenvalue weighted by Gasteiger charge is -2.16. The van der Waals surface area contributed by atoms with Gasteiger partial charge in [0.1, 0.15) is 6.04 Å². The van der Waals surface area contributed by atoms with E-state index in [1.807, 2.05) is 0 Å². The third-order valence-corrected chi connectivity index (χ3v) is 3.14. The van der Waals surface area contributed by atoms with Crippen LogP contribution in [0.25, 0.3) is 0 Å². The van der Waals surface area contributed by atoms with Crippen LogP contribution in [-0.4, -0.2) is 30.4 Å². The van der Waals surface area contributed by atoms with Gasteiger partial charge in [-0.05, 0) is 18.6 Å². The van der Waals surface area contributed by atoms with Crippen LogP contribution in [0.3, 0.4) is 0 Å². The van der Waals surface area contributed by atoms with Gasteiger partial charge in [0, 0.05) is 31.8 Å². The fourth-order valence-corrected chi connectivity index (χ4v) is 2.04. The summed E-state index contributed by atoms with van der Waals surface area (Å²) in [6.45, 7) is 1.56. The maximum Gasteiger partial charge on any atom is 0.270 e. The van der Waals surface area contributed by atoms with Gasteiger partial charge in [0.15, 0.2) is 0 Å². The Hall–Kier alpha value is -1.65. The van der Waals surface area contributed by atoms with E-state index in [0.29, 0.717) is 18.7 Å². The number of carbonyl (C=O) groups excluding carboxylic acids is 1. The molecule has 98 valence electrons. The van der Waals surface area contributed by atoms with Crippen molar-refractivity contribution in [1.82, 2.24) is 4.90 Å². The van der Waals surface area contributed by atoms with Crippen molar-refractivity contribution < 1.29 is 13.6 Å². The topological polar surface area (TPSA) is 32.3 Å². The predicted octanol–water partition coefficient (Wildman–Crippen LogP) is 2.44. The molecule has 1 fully saturated rings. The van der Waals surface area contributed by atoms with E-state index in [9.17, 15) is 13.6 Å². The number of rotatable bonds is 3. The molecule has 5 heteroatoms. The molecular weight excluding hydrogens is 238 g/mol. The number of alkyl halides is 2. The highest BCUT2D eigenvalue weighted by Crippen LogP contribution is 2.29. The highest BCUT2D eigenvalue weighted by molar-refractivity contribution is 5.86. The van der Waals surface area contributed by atoms with Crippen LogP contribution in [0.2, 0.25) is 0 Å². The van der Waals surface area contributed by atoms with Crippen molar-refractivity contribution in [3.05, 3.63) is 29.8 Å². The number of hydrogen-bond acceptors (Lipinski definition) is 2. The number of likely N-dealkylation sites (tertiary alicyclic amines) is 1. The van der Waals surface area contributed by atoms with Gasteiger partial charge >= 0.3 is 0 Å². The zero-order valence-corrected chi connectivity index (χ0v) is 10.4. The van der Waals surface area contributed by atoms with Crippen LogP contribution in [0.1, 0.15) is 18.9 Å². The van der Waals surface area contributed by atoms with Crippen molar-refractivity contribution in [2.45, 2.75) is 25.3 Å². The molecule has 2 rings (SSSR count). The minimum absolute atomic E-state index is 0.00339. The van der Waals surface area contributed by atoms with Gasteiger partial charge in [0.2, 0.25) is 5.91 Å². The van der Waals surface area contributed by atoms with Crippen LogP contribution in [0.15, 0.2) is 24.3 Å². The van der Waals surface area contributed by atoms with Crippen LogP contribution < -0.4 is 5.32 Å². The van der Waals surface area contributed by atoms with E-state index in [1.165, 1.54) is 12.1 Å². The van der Waals surface area contributed by atoms with Crippen molar-refractivity contribution in [1.29, 1.82) is 0 Å². The summed E-state index contributed by atoms with van der Waals surface area (Å²) in [6, 6.07) is 5.73. The Morgan fingerprint density at radius 2 is 2.17 bits per heavy atom. The third kappa shape index (κ3) is 2.60. The number of likely N-dealkylation sites (N-methyl/N-ethyl adjacent to an activating group) is 1. The van der Waals surface area contributed by atoms with Gasteiger partial charge in [-0.15, -0.1) is 0 Å². The number of nitrogens with zero attached hydrogens (tertiary/aromatic N) is 1. The Kier molecular flexibility index (Phi) is 3.24. The Bertz CT molecular complexity index is 457. The largest absolute Gasteiger partial charge is 0.374 e. The summed E-state index contributed by atoms with van der Waals surface area (Å²) in [4.78, 5) is 13.3. The maximum absolute atomic E-state index is 13.2. The molecular formula is C13H16F2N2O. The molecule has 1 aromatic carbocycles. The van der Waals surface area contributed by atoms with E-state index in [2.05, 4.69) is 5.32 Å². The van der Waals surface area contributed by atoms with Crippen LogP contribution >= 0.6 is 0 Å². The molecule has 0 bridgehead atoms. The molecule has 3 nitrogen and oxygen atoms in total. The van der Waals surface area contributed by atoms with Crippen molar-refractivity contribution in [2.75, 3.05) is 18.9 Å². The molecule has 0 aromatic heterocycles. The zero-order chi connectivity index (χ0) is 13.3. The Balaban J connectivity index is 2.13. The molecule has 1 N–H and O–H groups in total. The third-order valence-electron chi connectivity index (χ3n) is 3.14. The second-order valence-corrected chi connectivity index (χ2v) is 4.71. The first-order chi connectivity index (χ1) is 8.38. The second kappa shape index (κ2) is 4.55. The van der Waals surface area contributed by atoms with Crippen LogP contribution in [0.5, 0.6) is 0 Å². The van der Waals surface area contributed by atoms with Crippen molar-refractivity contribution in [3.63, 3.8) is 0 Å². The molecule has 1 unspecified atom stereocenters. The predicted molar refractivity (Wildman–Crippen MR) is 65.7 cm³/mol. The molecule has 1 aliphatic heterocycles. The quantitative estimate of drug-likeness (QED) is 0.898. The van der Waals surface area contributed by atoms with Gasteiger partial charge in [0.05, 0.1) is 0 Å². The Morgan fingerprint density at radius 3 is 2.72 bits per heavy atom.